The fraction of sp³-hybridized carbons (Fsp3) is 0.538. The lowest BCUT2D eigenvalue weighted by atomic mass is 10.00. The van der Waals surface area contributed by atoms with Gasteiger partial charge in [0.15, 0.2) is 9.84 Å². The molecule has 2 atom stereocenters. The zero-order valence-corrected chi connectivity index (χ0v) is 11.2. The zero-order chi connectivity index (χ0) is 12.9. The van der Waals surface area contributed by atoms with E-state index in [4.69, 9.17) is 5.11 Å². The Balaban J connectivity index is 2.68. The van der Waals surface area contributed by atoms with Gasteiger partial charge in [-0.3, -0.25) is 0 Å². The SMILES string of the molecule is C[C@H](CO)C[C@@H](C)CS(=O)(=O)c1ccccc1. The maximum Gasteiger partial charge on any atom is 0.178 e. The van der Waals surface area contributed by atoms with Crippen LogP contribution in [0.1, 0.15) is 20.3 Å². The number of sulfone groups is 1. The van der Waals surface area contributed by atoms with E-state index in [9.17, 15) is 8.42 Å². The number of benzene rings is 1. The minimum Gasteiger partial charge on any atom is -0.396 e. The first kappa shape index (κ1) is 14.2. The van der Waals surface area contributed by atoms with Crippen molar-refractivity contribution in [2.75, 3.05) is 12.4 Å². The molecule has 4 heteroatoms. The standard InChI is InChI=1S/C13H20O3S/c1-11(9-14)8-12(2)10-17(15,16)13-6-4-3-5-7-13/h3-7,11-12,14H,8-10H2,1-2H3/t11-,12+/m0/s1. The van der Waals surface area contributed by atoms with Gasteiger partial charge in [0, 0.05) is 6.61 Å². The van der Waals surface area contributed by atoms with Crippen molar-refractivity contribution in [1.82, 2.24) is 0 Å². The highest BCUT2D eigenvalue weighted by atomic mass is 32.2. The molecule has 0 fully saturated rings. The van der Waals surface area contributed by atoms with Gasteiger partial charge in [-0.05, 0) is 30.4 Å². The summed E-state index contributed by atoms with van der Waals surface area (Å²) < 4.78 is 24.1. The molecule has 0 spiro atoms. The first-order chi connectivity index (χ1) is 7.95. The molecule has 3 nitrogen and oxygen atoms in total. The molecule has 0 heterocycles. The fourth-order valence-electron chi connectivity index (χ4n) is 1.93. The molecule has 0 bridgehead atoms. The molecule has 0 amide bonds. The highest BCUT2D eigenvalue weighted by Crippen LogP contribution is 2.18. The monoisotopic (exact) mass is 256 g/mol. The zero-order valence-electron chi connectivity index (χ0n) is 10.3. The topological polar surface area (TPSA) is 54.4 Å². The Morgan fingerprint density at radius 1 is 1.12 bits per heavy atom. The van der Waals surface area contributed by atoms with Crippen molar-refractivity contribution < 1.29 is 13.5 Å². The summed E-state index contributed by atoms with van der Waals surface area (Å²) in [6.45, 7) is 3.94. The quantitative estimate of drug-likeness (QED) is 0.848. The lowest BCUT2D eigenvalue weighted by Crippen LogP contribution is -2.17. The van der Waals surface area contributed by atoms with Crippen molar-refractivity contribution in [3.8, 4) is 0 Å². The van der Waals surface area contributed by atoms with Gasteiger partial charge in [-0.15, -0.1) is 0 Å². The fourth-order valence-corrected chi connectivity index (χ4v) is 3.58. The van der Waals surface area contributed by atoms with Crippen LogP contribution >= 0.6 is 0 Å². The van der Waals surface area contributed by atoms with Crippen molar-refractivity contribution in [2.24, 2.45) is 11.8 Å². The van der Waals surface area contributed by atoms with Crippen LogP contribution in [-0.2, 0) is 9.84 Å². The number of hydrogen-bond acceptors (Lipinski definition) is 3. The highest BCUT2D eigenvalue weighted by Gasteiger charge is 2.19. The van der Waals surface area contributed by atoms with E-state index in [1.54, 1.807) is 30.3 Å². The first-order valence-corrected chi connectivity index (χ1v) is 7.49. The van der Waals surface area contributed by atoms with Crippen molar-refractivity contribution in [3.63, 3.8) is 0 Å². The van der Waals surface area contributed by atoms with Gasteiger partial charge in [0.05, 0.1) is 10.6 Å². The van der Waals surface area contributed by atoms with Gasteiger partial charge in [0.25, 0.3) is 0 Å². The second kappa shape index (κ2) is 6.17. The minimum absolute atomic E-state index is 0.0577. The predicted molar refractivity (Wildman–Crippen MR) is 68.5 cm³/mol. The third-order valence-electron chi connectivity index (χ3n) is 2.72. The van der Waals surface area contributed by atoms with E-state index in [0.29, 0.717) is 4.90 Å². The van der Waals surface area contributed by atoms with Gasteiger partial charge in [0.2, 0.25) is 0 Å². The second-order valence-electron chi connectivity index (χ2n) is 4.72. The molecule has 0 saturated heterocycles. The van der Waals surface area contributed by atoms with Crippen LogP contribution in [0.25, 0.3) is 0 Å². The van der Waals surface area contributed by atoms with E-state index in [0.717, 1.165) is 6.42 Å². The molecule has 0 aromatic heterocycles. The van der Waals surface area contributed by atoms with Crippen molar-refractivity contribution >= 4 is 9.84 Å². The summed E-state index contributed by atoms with van der Waals surface area (Å²) in [7, 11) is -3.19. The lowest BCUT2D eigenvalue weighted by Gasteiger charge is -2.15. The van der Waals surface area contributed by atoms with Gasteiger partial charge in [-0.25, -0.2) is 8.42 Å². The third-order valence-corrected chi connectivity index (χ3v) is 4.72. The van der Waals surface area contributed by atoms with Crippen LogP contribution in [0.4, 0.5) is 0 Å². The van der Waals surface area contributed by atoms with Crippen molar-refractivity contribution in [1.29, 1.82) is 0 Å². The molecule has 96 valence electrons. The number of rotatable bonds is 6. The molecule has 0 aliphatic heterocycles. The Hall–Kier alpha value is -0.870. The number of hydrogen-bond donors (Lipinski definition) is 1. The Labute approximate surface area is 103 Å². The molecule has 17 heavy (non-hydrogen) atoms. The van der Waals surface area contributed by atoms with E-state index in [1.807, 2.05) is 13.8 Å². The third kappa shape index (κ3) is 4.48. The van der Waals surface area contributed by atoms with Crippen LogP contribution in [-0.4, -0.2) is 25.9 Å². The van der Waals surface area contributed by atoms with Gasteiger partial charge in [-0.1, -0.05) is 32.0 Å². The smallest absolute Gasteiger partial charge is 0.178 e. The molecule has 1 aromatic carbocycles. The molecule has 1 rings (SSSR count). The van der Waals surface area contributed by atoms with Crippen LogP contribution in [0.15, 0.2) is 35.2 Å². The van der Waals surface area contributed by atoms with E-state index >= 15 is 0 Å². The van der Waals surface area contributed by atoms with Gasteiger partial charge < -0.3 is 5.11 Å². The maximum atomic E-state index is 12.0. The largest absolute Gasteiger partial charge is 0.396 e. The molecule has 0 aliphatic rings. The molecule has 0 aliphatic carbocycles. The lowest BCUT2D eigenvalue weighted by molar-refractivity contribution is 0.218. The molecule has 0 saturated carbocycles. The van der Waals surface area contributed by atoms with E-state index in [-0.39, 0.29) is 24.2 Å². The van der Waals surface area contributed by atoms with Crippen molar-refractivity contribution in [3.05, 3.63) is 30.3 Å². The van der Waals surface area contributed by atoms with Crippen LogP contribution in [0.3, 0.4) is 0 Å². The summed E-state index contributed by atoms with van der Waals surface area (Å²) in [6, 6.07) is 8.51. The van der Waals surface area contributed by atoms with Crippen molar-refractivity contribution in [2.45, 2.75) is 25.2 Å². The van der Waals surface area contributed by atoms with E-state index in [1.165, 1.54) is 0 Å². The second-order valence-corrected chi connectivity index (χ2v) is 6.76. The summed E-state index contributed by atoms with van der Waals surface area (Å²) in [5.41, 5.74) is 0. The van der Waals surface area contributed by atoms with Crippen LogP contribution in [0.5, 0.6) is 0 Å². The van der Waals surface area contributed by atoms with Crippen LogP contribution < -0.4 is 0 Å². The van der Waals surface area contributed by atoms with Gasteiger partial charge in [-0.2, -0.15) is 0 Å². The number of aliphatic hydroxyl groups excluding tert-OH is 1. The van der Waals surface area contributed by atoms with E-state index in [2.05, 4.69) is 0 Å². The molecule has 0 unspecified atom stereocenters. The minimum atomic E-state index is -3.19. The summed E-state index contributed by atoms with van der Waals surface area (Å²) in [5, 5.41) is 8.95. The van der Waals surface area contributed by atoms with E-state index < -0.39 is 9.84 Å². The average Bonchev–Trinajstić information content (AvgIpc) is 2.29. The normalized spacial score (nSPS) is 15.5. The highest BCUT2D eigenvalue weighted by molar-refractivity contribution is 7.91. The predicted octanol–water partition coefficient (Wildman–Crippen LogP) is 2.11. The van der Waals surface area contributed by atoms with Crippen LogP contribution in [0.2, 0.25) is 0 Å². The Morgan fingerprint density at radius 3 is 2.24 bits per heavy atom. The Bertz CT molecular complexity index is 425. The Morgan fingerprint density at radius 2 is 1.71 bits per heavy atom. The van der Waals surface area contributed by atoms with Gasteiger partial charge >= 0.3 is 0 Å². The van der Waals surface area contributed by atoms with Gasteiger partial charge in [0.1, 0.15) is 0 Å². The summed E-state index contributed by atoms with van der Waals surface area (Å²) >= 11 is 0. The summed E-state index contributed by atoms with van der Waals surface area (Å²) in [6.07, 6.45) is 0.725. The average molecular weight is 256 g/mol. The molecular weight excluding hydrogens is 236 g/mol. The molecule has 1 aromatic rings. The molecular formula is C13H20O3S. The summed E-state index contributed by atoms with van der Waals surface area (Å²) in [5.74, 6) is 0.347. The molecule has 0 radical (unpaired) electrons. The molecule has 1 N–H and O–H groups in total. The number of aliphatic hydroxyl groups is 1. The Kier molecular flexibility index (Phi) is 5.15. The maximum absolute atomic E-state index is 12.0. The first-order valence-electron chi connectivity index (χ1n) is 5.84. The van der Waals surface area contributed by atoms with Crippen LogP contribution in [0, 0.1) is 11.8 Å². The summed E-state index contributed by atoms with van der Waals surface area (Å²) in [4.78, 5) is 0.378.